The first-order chi connectivity index (χ1) is 14.0. The number of pyridine rings is 1. The predicted molar refractivity (Wildman–Crippen MR) is 100 cm³/mol. The zero-order chi connectivity index (χ0) is 20.4. The first-order valence-electron chi connectivity index (χ1n) is 8.50. The summed E-state index contributed by atoms with van der Waals surface area (Å²) in [6, 6.07) is 11.8. The van der Waals surface area contributed by atoms with E-state index in [0.29, 0.717) is 34.5 Å². The SMILES string of the molecule is COc1ccc(-c2nncc(-c3ccc(F)c(-c4ncc(F)cc4F)c3)n2)cc1. The first-order valence-corrected chi connectivity index (χ1v) is 8.50. The normalized spacial score (nSPS) is 10.8. The highest BCUT2D eigenvalue weighted by molar-refractivity contribution is 5.71. The third-order valence-corrected chi connectivity index (χ3v) is 4.23. The summed E-state index contributed by atoms with van der Waals surface area (Å²) in [6.07, 6.45) is 2.25. The Morgan fingerprint density at radius 3 is 2.31 bits per heavy atom. The predicted octanol–water partition coefficient (Wildman–Crippen LogP) is 4.69. The number of nitrogens with zero attached hydrogens (tertiary/aromatic N) is 4. The van der Waals surface area contributed by atoms with Crippen LogP contribution in [0.2, 0.25) is 0 Å². The Kier molecular flexibility index (Phi) is 4.90. The largest absolute Gasteiger partial charge is 0.497 e. The van der Waals surface area contributed by atoms with Gasteiger partial charge in [-0.05, 0) is 42.5 Å². The Hall–Kier alpha value is -3.81. The molecule has 0 saturated heterocycles. The van der Waals surface area contributed by atoms with E-state index in [-0.39, 0.29) is 11.3 Å². The number of ether oxygens (including phenoxy) is 1. The molecule has 2 aromatic carbocycles. The highest BCUT2D eigenvalue weighted by Crippen LogP contribution is 2.29. The molecule has 2 aromatic heterocycles. The number of hydrogen-bond acceptors (Lipinski definition) is 5. The summed E-state index contributed by atoms with van der Waals surface area (Å²) in [6.45, 7) is 0. The average Bonchev–Trinajstić information content (AvgIpc) is 2.75. The van der Waals surface area contributed by atoms with Gasteiger partial charge in [0.05, 0.1) is 25.2 Å². The fourth-order valence-corrected chi connectivity index (χ4v) is 2.78. The Balaban J connectivity index is 1.75. The van der Waals surface area contributed by atoms with Gasteiger partial charge in [-0.25, -0.2) is 18.2 Å². The topological polar surface area (TPSA) is 60.8 Å². The Bertz CT molecular complexity index is 1180. The Morgan fingerprint density at radius 1 is 0.828 bits per heavy atom. The van der Waals surface area contributed by atoms with Crippen LogP contribution in [0.15, 0.2) is 60.9 Å². The summed E-state index contributed by atoms with van der Waals surface area (Å²) in [5.41, 5.74) is 1.22. The van der Waals surface area contributed by atoms with Crippen molar-refractivity contribution < 1.29 is 17.9 Å². The molecule has 0 unspecified atom stereocenters. The minimum atomic E-state index is -0.958. The van der Waals surface area contributed by atoms with Crippen LogP contribution in [0.3, 0.4) is 0 Å². The molecule has 4 aromatic rings. The van der Waals surface area contributed by atoms with Crippen LogP contribution in [0.4, 0.5) is 13.2 Å². The summed E-state index contributed by atoms with van der Waals surface area (Å²) in [5, 5.41) is 7.98. The first kappa shape index (κ1) is 18.5. The van der Waals surface area contributed by atoms with Crippen molar-refractivity contribution in [3.63, 3.8) is 0 Å². The number of halogens is 3. The van der Waals surface area contributed by atoms with Crippen molar-refractivity contribution in [3.8, 4) is 39.7 Å². The van der Waals surface area contributed by atoms with Crippen molar-refractivity contribution in [2.45, 2.75) is 0 Å². The molecule has 0 fully saturated rings. The van der Waals surface area contributed by atoms with E-state index < -0.39 is 17.5 Å². The van der Waals surface area contributed by atoms with Gasteiger partial charge in [-0.2, -0.15) is 5.10 Å². The van der Waals surface area contributed by atoms with E-state index >= 15 is 0 Å². The maximum absolute atomic E-state index is 14.3. The zero-order valence-electron chi connectivity index (χ0n) is 15.1. The van der Waals surface area contributed by atoms with Crippen molar-refractivity contribution in [3.05, 3.63) is 78.4 Å². The lowest BCUT2D eigenvalue weighted by Gasteiger charge is -2.08. The number of aromatic nitrogens is 4. The summed E-state index contributed by atoms with van der Waals surface area (Å²) in [4.78, 5) is 8.13. The molecule has 8 heteroatoms. The maximum atomic E-state index is 14.3. The molecule has 2 heterocycles. The second-order valence-electron chi connectivity index (χ2n) is 6.07. The molecule has 4 rings (SSSR count). The van der Waals surface area contributed by atoms with Crippen LogP contribution >= 0.6 is 0 Å². The fraction of sp³-hybridized carbons (Fsp3) is 0.0476. The van der Waals surface area contributed by atoms with Gasteiger partial charge in [0.1, 0.15) is 23.1 Å². The lowest BCUT2D eigenvalue weighted by molar-refractivity contribution is 0.415. The van der Waals surface area contributed by atoms with Crippen LogP contribution in [0.5, 0.6) is 5.75 Å². The third-order valence-electron chi connectivity index (χ3n) is 4.23. The number of hydrogen-bond donors (Lipinski definition) is 0. The lowest BCUT2D eigenvalue weighted by Crippen LogP contribution is -1.97. The van der Waals surface area contributed by atoms with Gasteiger partial charge in [0.15, 0.2) is 11.6 Å². The minimum Gasteiger partial charge on any atom is -0.497 e. The van der Waals surface area contributed by atoms with Crippen molar-refractivity contribution in [2.24, 2.45) is 0 Å². The second kappa shape index (κ2) is 7.67. The fourth-order valence-electron chi connectivity index (χ4n) is 2.78. The summed E-state index contributed by atoms with van der Waals surface area (Å²) < 4.78 is 46.6. The van der Waals surface area contributed by atoms with Gasteiger partial charge in [-0.1, -0.05) is 0 Å². The van der Waals surface area contributed by atoms with Crippen LogP contribution < -0.4 is 4.74 Å². The second-order valence-corrected chi connectivity index (χ2v) is 6.07. The lowest BCUT2D eigenvalue weighted by atomic mass is 10.0. The molecule has 0 aliphatic rings. The zero-order valence-corrected chi connectivity index (χ0v) is 15.1. The van der Waals surface area contributed by atoms with Gasteiger partial charge in [0.25, 0.3) is 0 Å². The van der Waals surface area contributed by atoms with E-state index in [1.165, 1.54) is 24.4 Å². The molecule has 5 nitrogen and oxygen atoms in total. The molecular formula is C21H13F3N4O. The van der Waals surface area contributed by atoms with Gasteiger partial charge >= 0.3 is 0 Å². The molecule has 144 valence electrons. The molecular weight excluding hydrogens is 381 g/mol. The number of benzene rings is 2. The van der Waals surface area contributed by atoms with Crippen molar-refractivity contribution in [2.75, 3.05) is 7.11 Å². The maximum Gasteiger partial charge on any atom is 0.182 e. The van der Waals surface area contributed by atoms with Gasteiger partial charge in [0.2, 0.25) is 0 Å². The van der Waals surface area contributed by atoms with E-state index in [4.69, 9.17) is 4.74 Å². The quantitative estimate of drug-likeness (QED) is 0.502. The average molecular weight is 394 g/mol. The molecule has 0 bridgehead atoms. The number of rotatable bonds is 4. The number of methoxy groups -OCH3 is 1. The van der Waals surface area contributed by atoms with Crippen molar-refractivity contribution in [1.82, 2.24) is 20.2 Å². The van der Waals surface area contributed by atoms with Crippen molar-refractivity contribution >= 4 is 0 Å². The molecule has 0 saturated carbocycles. The molecule has 0 radical (unpaired) electrons. The van der Waals surface area contributed by atoms with Gasteiger partial charge in [0, 0.05) is 22.8 Å². The molecule has 0 atom stereocenters. The summed E-state index contributed by atoms with van der Waals surface area (Å²) in [7, 11) is 1.57. The smallest absolute Gasteiger partial charge is 0.182 e. The van der Waals surface area contributed by atoms with E-state index in [1.54, 1.807) is 31.4 Å². The van der Waals surface area contributed by atoms with Crippen LogP contribution in [0.25, 0.3) is 33.9 Å². The Morgan fingerprint density at radius 2 is 1.59 bits per heavy atom. The molecule has 0 aliphatic heterocycles. The van der Waals surface area contributed by atoms with Crippen LogP contribution in [0, 0.1) is 17.5 Å². The standard InChI is InChI=1S/C21H13F3N4O/c1-29-15-5-2-12(3-6-15)21-27-19(11-26-28-21)13-4-7-17(23)16(8-13)20-18(24)9-14(22)10-25-20/h2-11H,1H3. The highest BCUT2D eigenvalue weighted by Gasteiger charge is 2.15. The molecule has 0 aliphatic carbocycles. The highest BCUT2D eigenvalue weighted by atomic mass is 19.1. The van der Waals surface area contributed by atoms with Crippen molar-refractivity contribution in [1.29, 1.82) is 0 Å². The molecule has 0 spiro atoms. The van der Waals surface area contributed by atoms with Gasteiger partial charge < -0.3 is 4.74 Å². The summed E-state index contributed by atoms with van der Waals surface area (Å²) in [5.74, 6) is -1.44. The van der Waals surface area contributed by atoms with Gasteiger partial charge in [-0.3, -0.25) is 4.98 Å². The van der Waals surface area contributed by atoms with E-state index in [9.17, 15) is 13.2 Å². The Labute approximate surface area is 163 Å². The molecule has 0 amide bonds. The van der Waals surface area contributed by atoms with E-state index in [1.807, 2.05) is 0 Å². The van der Waals surface area contributed by atoms with Crippen LogP contribution in [-0.2, 0) is 0 Å². The summed E-state index contributed by atoms with van der Waals surface area (Å²) >= 11 is 0. The van der Waals surface area contributed by atoms with Crippen LogP contribution in [0.1, 0.15) is 0 Å². The van der Waals surface area contributed by atoms with Crippen LogP contribution in [-0.4, -0.2) is 27.3 Å². The van der Waals surface area contributed by atoms with E-state index in [2.05, 4.69) is 20.2 Å². The van der Waals surface area contributed by atoms with E-state index in [0.717, 1.165) is 6.20 Å². The molecule has 0 N–H and O–H groups in total. The monoisotopic (exact) mass is 394 g/mol. The van der Waals surface area contributed by atoms with Gasteiger partial charge in [-0.15, -0.1) is 5.10 Å². The third kappa shape index (κ3) is 3.77. The molecule has 29 heavy (non-hydrogen) atoms. The minimum absolute atomic E-state index is 0.107.